The molecule has 2 aromatic carbocycles. The Morgan fingerprint density at radius 2 is 1.70 bits per heavy atom. The Morgan fingerprint density at radius 3 is 2.30 bits per heavy atom. The van der Waals surface area contributed by atoms with Crippen LogP contribution < -0.4 is 0 Å². The Balaban J connectivity index is 1.45. The number of hydrogen-bond donors (Lipinski definition) is 0. The zero-order valence-corrected chi connectivity index (χ0v) is 15.2. The van der Waals surface area contributed by atoms with E-state index in [1.54, 1.807) is 12.1 Å². The predicted octanol–water partition coefficient (Wildman–Crippen LogP) is 3.75. The summed E-state index contributed by atoms with van der Waals surface area (Å²) < 4.78 is 13.1. The third-order valence-electron chi connectivity index (χ3n) is 5.26. The van der Waals surface area contributed by atoms with Crippen molar-refractivity contribution in [1.82, 2.24) is 9.80 Å². The molecule has 2 aliphatic rings. The first kappa shape index (κ1) is 17.7. The Bertz CT molecular complexity index is 828. The normalized spacial score (nSPS) is 16.6. The van der Waals surface area contributed by atoms with Crippen LogP contribution in [0.1, 0.15) is 47.2 Å². The van der Waals surface area contributed by atoms with Crippen LogP contribution in [0.3, 0.4) is 0 Å². The van der Waals surface area contributed by atoms with Gasteiger partial charge in [-0.3, -0.25) is 9.59 Å². The van der Waals surface area contributed by atoms with Gasteiger partial charge in [0.25, 0.3) is 5.91 Å². The van der Waals surface area contributed by atoms with Gasteiger partial charge in [0.15, 0.2) is 0 Å². The molecule has 4 nitrogen and oxygen atoms in total. The van der Waals surface area contributed by atoms with Crippen LogP contribution >= 0.6 is 0 Å². The fraction of sp³-hybridized carbons (Fsp3) is 0.364. The van der Waals surface area contributed by atoms with Gasteiger partial charge in [0, 0.05) is 37.7 Å². The summed E-state index contributed by atoms with van der Waals surface area (Å²) in [6, 6.07) is 14.1. The van der Waals surface area contributed by atoms with Crippen LogP contribution in [-0.2, 0) is 17.9 Å². The summed E-state index contributed by atoms with van der Waals surface area (Å²) in [6.45, 7) is 1.91. The highest BCUT2D eigenvalue weighted by atomic mass is 19.1. The number of carbonyl (C=O) groups is 2. The number of hydrogen-bond acceptors (Lipinski definition) is 2. The molecule has 1 aliphatic carbocycles. The van der Waals surface area contributed by atoms with Crippen molar-refractivity contribution in [1.29, 1.82) is 0 Å². The zero-order chi connectivity index (χ0) is 18.8. The summed E-state index contributed by atoms with van der Waals surface area (Å²) in [5, 5.41) is 0. The Kier molecular flexibility index (Phi) is 4.92. The van der Waals surface area contributed by atoms with Gasteiger partial charge in [-0.2, -0.15) is 0 Å². The van der Waals surface area contributed by atoms with E-state index in [4.69, 9.17) is 0 Å². The van der Waals surface area contributed by atoms with Crippen molar-refractivity contribution < 1.29 is 14.0 Å². The van der Waals surface area contributed by atoms with Crippen molar-refractivity contribution in [2.45, 2.75) is 44.8 Å². The van der Waals surface area contributed by atoms with Crippen LogP contribution in [0, 0.1) is 5.82 Å². The minimum Gasteiger partial charge on any atom is -0.338 e. The number of nitrogens with zero attached hydrogens (tertiary/aromatic N) is 2. The summed E-state index contributed by atoms with van der Waals surface area (Å²) in [4.78, 5) is 28.5. The lowest BCUT2D eigenvalue weighted by atomic mass is 10.1. The van der Waals surface area contributed by atoms with Gasteiger partial charge in [-0.1, -0.05) is 24.3 Å². The van der Waals surface area contributed by atoms with E-state index in [-0.39, 0.29) is 23.7 Å². The fourth-order valence-corrected chi connectivity index (χ4v) is 3.55. The van der Waals surface area contributed by atoms with Gasteiger partial charge in [-0.05, 0) is 54.7 Å². The summed E-state index contributed by atoms with van der Waals surface area (Å²) in [5.41, 5.74) is 2.62. The van der Waals surface area contributed by atoms with E-state index in [1.165, 1.54) is 12.1 Å². The van der Waals surface area contributed by atoms with Gasteiger partial charge in [0.05, 0.1) is 0 Å². The van der Waals surface area contributed by atoms with Gasteiger partial charge in [-0.25, -0.2) is 4.39 Å². The Hall–Kier alpha value is -2.69. The number of carbonyl (C=O) groups excluding carboxylic acids is 2. The summed E-state index contributed by atoms with van der Waals surface area (Å²) in [5.74, 6) is -0.0601. The van der Waals surface area contributed by atoms with E-state index >= 15 is 0 Å². The molecule has 0 N–H and O–H groups in total. The van der Waals surface area contributed by atoms with E-state index in [0.29, 0.717) is 25.1 Å². The molecule has 2 amide bonds. The average molecular weight is 366 g/mol. The molecule has 0 spiro atoms. The Morgan fingerprint density at radius 1 is 1.04 bits per heavy atom. The minimum absolute atomic E-state index is 0.00521. The van der Waals surface area contributed by atoms with Gasteiger partial charge < -0.3 is 9.80 Å². The number of halogens is 1. The standard InChI is InChI=1S/C22H23FN2O2/c23-19-9-5-17(6-10-19)15-25(20-11-12-20)22(27)18-7-3-16(4-8-18)14-24-13-1-2-21(24)26/h3-10,20H,1-2,11-15H2. The molecule has 0 atom stereocenters. The third kappa shape index (κ3) is 4.18. The number of likely N-dealkylation sites (tertiary alicyclic amines) is 1. The molecule has 0 bridgehead atoms. The second-order valence-electron chi connectivity index (χ2n) is 7.41. The monoisotopic (exact) mass is 366 g/mol. The molecule has 2 aromatic rings. The van der Waals surface area contributed by atoms with E-state index in [1.807, 2.05) is 34.1 Å². The largest absolute Gasteiger partial charge is 0.338 e. The lowest BCUT2D eigenvalue weighted by molar-refractivity contribution is -0.128. The van der Waals surface area contributed by atoms with Crippen LogP contribution in [0.25, 0.3) is 0 Å². The minimum atomic E-state index is -0.268. The van der Waals surface area contributed by atoms with Crippen LogP contribution in [0.2, 0.25) is 0 Å². The zero-order valence-electron chi connectivity index (χ0n) is 15.2. The molecule has 1 heterocycles. The molecule has 2 fully saturated rings. The van der Waals surface area contributed by atoms with E-state index < -0.39 is 0 Å². The van der Waals surface area contributed by atoms with Gasteiger partial charge in [0.2, 0.25) is 5.91 Å². The van der Waals surface area contributed by atoms with E-state index in [0.717, 1.165) is 36.9 Å². The fourth-order valence-electron chi connectivity index (χ4n) is 3.55. The summed E-state index contributed by atoms with van der Waals surface area (Å²) in [6.07, 6.45) is 3.59. The summed E-state index contributed by atoms with van der Waals surface area (Å²) >= 11 is 0. The van der Waals surface area contributed by atoms with Crippen molar-refractivity contribution >= 4 is 11.8 Å². The number of rotatable bonds is 6. The molecule has 27 heavy (non-hydrogen) atoms. The molecular formula is C22H23FN2O2. The molecule has 0 aromatic heterocycles. The van der Waals surface area contributed by atoms with Crippen molar-refractivity contribution in [3.63, 3.8) is 0 Å². The molecule has 1 saturated carbocycles. The van der Waals surface area contributed by atoms with Crippen molar-refractivity contribution in [3.05, 3.63) is 71.0 Å². The molecule has 1 aliphatic heterocycles. The highest BCUT2D eigenvalue weighted by Gasteiger charge is 2.33. The van der Waals surface area contributed by atoms with Crippen molar-refractivity contribution in [3.8, 4) is 0 Å². The maximum Gasteiger partial charge on any atom is 0.254 e. The first-order valence-corrected chi connectivity index (χ1v) is 9.52. The quantitative estimate of drug-likeness (QED) is 0.781. The lowest BCUT2D eigenvalue weighted by Crippen LogP contribution is -2.32. The predicted molar refractivity (Wildman–Crippen MR) is 100 cm³/mol. The SMILES string of the molecule is O=C1CCCN1Cc1ccc(C(=O)N(Cc2ccc(F)cc2)C2CC2)cc1. The van der Waals surface area contributed by atoms with Gasteiger partial charge in [0.1, 0.15) is 5.82 Å². The number of benzene rings is 2. The van der Waals surface area contributed by atoms with Crippen molar-refractivity contribution in [2.24, 2.45) is 0 Å². The van der Waals surface area contributed by atoms with Gasteiger partial charge >= 0.3 is 0 Å². The first-order valence-electron chi connectivity index (χ1n) is 9.52. The smallest absolute Gasteiger partial charge is 0.254 e. The van der Waals surface area contributed by atoms with Crippen LogP contribution in [-0.4, -0.2) is 34.2 Å². The Labute approximate surface area is 158 Å². The summed E-state index contributed by atoms with van der Waals surface area (Å²) in [7, 11) is 0. The lowest BCUT2D eigenvalue weighted by Gasteiger charge is -2.23. The molecule has 5 heteroatoms. The molecule has 140 valence electrons. The molecule has 0 radical (unpaired) electrons. The molecule has 4 rings (SSSR count). The maximum atomic E-state index is 13.1. The highest BCUT2D eigenvalue weighted by Crippen LogP contribution is 2.30. The van der Waals surface area contributed by atoms with Crippen LogP contribution in [0.5, 0.6) is 0 Å². The van der Waals surface area contributed by atoms with Crippen LogP contribution in [0.15, 0.2) is 48.5 Å². The van der Waals surface area contributed by atoms with E-state index in [2.05, 4.69) is 0 Å². The second-order valence-corrected chi connectivity index (χ2v) is 7.41. The maximum absolute atomic E-state index is 13.1. The van der Waals surface area contributed by atoms with Gasteiger partial charge in [-0.15, -0.1) is 0 Å². The van der Waals surface area contributed by atoms with Crippen LogP contribution in [0.4, 0.5) is 4.39 Å². The third-order valence-corrected chi connectivity index (χ3v) is 5.26. The molecule has 0 unspecified atom stereocenters. The second kappa shape index (κ2) is 7.51. The topological polar surface area (TPSA) is 40.6 Å². The number of amides is 2. The molecular weight excluding hydrogens is 343 g/mol. The van der Waals surface area contributed by atoms with Crippen molar-refractivity contribution in [2.75, 3.05) is 6.54 Å². The molecule has 1 saturated heterocycles. The van der Waals surface area contributed by atoms with E-state index in [9.17, 15) is 14.0 Å². The highest BCUT2D eigenvalue weighted by molar-refractivity contribution is 5.94. The first-order chi connectivity index (χ1) is 13.1. The average Bonchev–Trinajstić information content (AvgIpc) is 3.44.